The number of nitrogens with zero attached hydrogens (tertiary/aromatic N) is 2. The lowest BCUT2D eigenvalue weighted by Gasteiger charge is -2.05. The monoisotopic (exact) mass is 420 g/mol. The van der Waals surface area contributed by atoms with E-state index in [1.165, 1.54) is 11.3 Å². The van der Waals surface area contributed by atoms with Crippen molar-refractivity contribution in [1.82, 2.24) is 15.2 Å². The third-order valence-electron chi connectivity index (χ3n) is 4.37. The van der Waals surface area contributed by atoms with Gasteiger partial charge in [-0.25, -0.2) is 4.98 Å². The van der Waals surface area contributed by atoms with Crippen LogP contribution in [0.25, 0.3) is 21.8 Å². The molecule has 0 aliphatic heterocycles. The number of H-pyrrole nitrogens is 1. The Bertz CT molecular complexity index is 1150. The molecule has 4 aromatic rings. The van der Waals surface area contributed by atoms with E-state index in [1.54, 1.807) is 18.6 Å². The van der Waals surface area contributed by atoms with Crippen LogP contribution in [0.4, 0.5) is 5.82 Å². The number of nitrogens with one attached hydrogen (secondary N) is 2. The maximum Gasteiger partial charge on any atom is 0.276 e. The first-order chi connectivity index (χ1) is 14.7. The number of amides is 1. The molecule has 4 rings (SSSR count). The number of carbonyl (C=O) groups excluding carboxylic acids is 1. The van der Waals surface area contributed by atoms with Gasteiger partial charge in [0.25, 0.3) is 5.91 Å². The molecule has 0 spiro atoms. The first kappa shape index (κ1) is 19.7. The molecule has 30 heavy (non-hydrogen) atoms. The SMILES string of the molecule is CCOc1ccc(-c2nc(C(=O)Nc3cc(-c4ccccc4OC)[nH]n3)cs2)cc1. The lowest BCUT2D eigenvalue weighted by molar-refractivity contribution is 0.102. The van der Waals surface area contributed by atoms with Crippen molar-refractivity contribution in [3.05, 3.63) is 65.7 Å². The van der Waals surface area contributed by atoms with Crippen molar-refractivity contribution in [1.29, 1.82) is 0 Å². The third kappa shape index (κ3) is 4.18. The second kappa shape index (κ2) is 8.79. The number of aromatic amines is 1. The van der Waals surface area contributed by atoms with Gasteiger partial charge in [-0.3, -0.25) is 9.89 Å². The molecule has 2 N–H and O–H groups in total. The van der Waals surface area contributed by atoms with Crippen LogP contribution in [-0.4, -0.2) is 34.8 Å². The number of carbonyl (C=O) groups is 1. The number of thiazole rings is 1. The van der Waals surface area contributed by atoms with E-state index in [9.17, 15) is 4.79 Å². The fourth-order valence-electron chi connectivity index (χ4n) is 2.94. The molecule has 0 fully saturated rings. The van der Waals surface area contributed by atoms with Gasteiger partial charge in [0, 0.05) is 22.6 Å². The van der Waals surface area contributed by atoms with Crippen LogP contribution in [0, 0.1) is 0 Å². The van der Waals surface area contributed by atoms with Crippen molar-refractivity contribution in [2.24, 2.45) is 0 Å². The minimum absolute atomic E-state index is 0.318. The number of aromatic nitrogens is 3. The van der Waals surface area contributed by atoms with Gasteiger partial charge >= 0.3 is 0 Å². The highest BCUT2D eigenvalue weighted by atomic mass is 32.1. The summed E-state index contributed by atoms with van der Waals surface area (Å²) in [6, 6.07) is 17.0. The molecule has 2 aromatic heterocycles. The number of methoxy groups -OCH3 is 1. The first-order valence-corrected chi connectivity index (χ1v) is 10.2. The van der Waals surface area contributed by atoms with Gasteiger partial charge in [0.15, 0.2) is 5.82 Å². The number of hydrogen-bond acceptors (Lipinski definition) is 6. The zero-order valence-electron chi connectivity index (χ0n) is 16.5. The number of benzene rings is 2. The highest BCUT2D eigenvalue weighted by Crippen LogP contribution is 2.30. The number of para-hydroxylation sites is 1. The Morgan fingerprint density at radius 3 is 2.73 bits per heavy atom. The third-order valence-corrected chi connectivity index (χ3v) is 5.26. The standard InChI is InChI=1S/C22H20N4O3S/c1-3-29-15-10-8-14(9-11-15)22-23-18(13-30-22)21(27)24-20-12-17(25-26-20)16-6-4-5-7-19(16)28-2/h4-13H,3H2,1-2H3,(H2,24,25,26,27). The molecule has 0 saturated heterocycles. The van der Waals surface area contributed by atoms with E-state index < -0.39 is 0 Å². The van der Waals surface area contributed by atoms with Crippen molar-refractivity contribution in [2.75, 3.05) is 19.0 Å². The van der Waals surface area contributed by atoms with Crippen LogP contribution in [0.15, 0.2) is 60.0 Å². The molecular weight excluding hydrogens is 400 g/mol. The number of ether oxygens (including phenoxy) is 2. The molecule has 152 valence electrons. The Kier molecular flexibility index (Phi) is 5.76. The van der Waals surface area contributed by atoms with Crippen LogP contribution in [0.5, 0.6) is 11.5 Å². The summed E-state index contributed by atoms with van der Waals surface area (Å²) in [6.45, 7) is 2.56. The van der Waals surface area contributed by atoms with Crippen molar-refractivity contribution >= 4 is 23.1 Å². The summed E-state index contributed by atoms with van der Waals surface area (Å²) in [7, 11) is 1.61. The molecule has 0 bridgehead atoms. The summed E-state index contributed by atoms with van der Waals surface area (Å²) in [5.41, 5.74) is 2.88. The summed E-state index contributed by atoms with van der Waals surface area (Å²) in [5, 5.41) is 12.4. The molecule has 8 heteroatoms. The molecule has 7 nitrogen and oxygen atoms in total. The molecule has 0 aliphatic rings. The lowest BCUT2D eigenvalue weighted by atomic mass is 10.1. The van der Waals surface area contributed by atoms with Gasteiger partial charge < -0.3 is 14.8 Å². The van der Waals surface area contributed by atoms with Gasteiger partial charge in [0.1, 0.15) is 22.2 Å². The van der Waals surface area contributed by atoms with Gasteiger partial charge in [-0.15, -0.1) is 11.3 Å². The predicted molar refractivity (Wildman–Crippen MR) is 117 cm³/mol. The maximum absolute atomic E-state index is 12.6. The minimum atomic E-state index is -0.318. The van der Waals surface area contributed by atoms with E-state index in [0.29, 0.717) is 18.1 Å². The van der Waals surface area contributed by atoms with Crippen LogP contribution in [-0.2, 0) is 0 Å². The van der Waals surface area contributed by atoms with Crippen LogP contribution in [0.1, 0.15) is 17.4 Å². The summed E-state index contributed by atoms with van der Waals surface area (Å²) in [5.74, 6) is 1.62. The second-order valence-electron chi connectivity index (χ2n) is 6.32. The molecule has 0 atom stereocenters. The average molecular weight is 420 g/mol. The van der Waals surface area contributed by atoms with Crippen LogP contribution in [0.2, 0.25) is 0 Å². The molecule has 0 unspecified atom stereocenters. The zero-order chi connectivity index (χ0) is 20.9. The Labute approximate surface area is 177 Å². The molecule has 1 amide bonds. The summed E-state index contributed by atoms with van der Waals surface area (Å²) in [4.78, 5) is 17.1. The normalized spacial score (nSPS) is 10.6. The quantitative estimate of drug-likeness (QED) is 0.446. The Morgan fingerprint density at radius 2 is 1.97 bits per heavy atom. The molecular formula is C22H20N4O3S. The molecule has 2 heterocycles. The molecule has 0 radical (unpaired) electrons. The van der Waals surface area contributed by atoms with E-state index in [-0.39, 0.29) is 5.91 Å². The highest BCUT2D eigenvalue weighted by Gasteiger charge is 2.15. The molecule has 0 aliphatic carbocycles. The maximum atomic E-state index is 12.6. The van der Waals surface area contributed by atoms with Crippen LogP contribution >= 0.6 is 11.3 Å². The fourth-order valence-corrected chi connectivity index (χ4v) is 3.75. The number of anilines is 1. The van der Waals surface area contributed by atoms with Crippen molar-refractivity contribution in [2.45, 2.75) is 6.92 Å². The fraction of sp³-hybridized carbons (Fsp3) is 0.136. The van der Waals surface area contributed by atoms with Crippen molar-refractivity contribution in [3.8, 4) is 33.3 Å². The Morgan fingerprint density at radius 1 is 1.17 bits per heavy atom. The van der Waals surface area contributed by atoms with E-state index in [4.69, 9.17) is 9.47 Å². The Hall–Kier alpha value is -3.65. The smallest absolute Gasteiger partial charge is 0.276 e. The van der Waals surface area contributed by atoms with E-state index in [2.05, 4.69) is 20.5 Å². The van der Waals surface area contributed by atoms with Crippen LogP contribution in [0.3, 0.4) is 0 Å². The summed E-state index contributed by atoms with van der Waals surface area (Å²) >= 11 is 1.41. The van der Waals surface area contributed by atoms with Gasteiger partial charge in [-0.2, -0.15) is 5.10 Å². The molecule has 2 aromatic carbocycles. The van der Waals surface area contributed by atoms with Gasteiger partial charge in [0.2, 0.25) is 0 Å². The van der Waals surface area contributed by atoms with E-state index in [0.717, 1.165) is 33.3 Å². The topological polar surface area (TPSA) is 89.1 Å². The van der Waals surface area contributed by atoms with Gasteiger partial charge in [0.05, 0.1) is 19.4 Å². The molecule has 0 saturated carbocycles. The zero-order valence-corrected chi connectivity index (χ0v) is 17.3. The minimum Gasteiger partial charge on any atom is -0.496 e. The van der Waals surface area contributed by atoms with E-state index >= 15 is 0 Å². The average Bonchev–Trinajstić information content (AvgIpc) is 3.44. The van der Waals surface area contributed by atoms with Gasteiger partial charge in [-0.1, -0.05) is 12.1 Å². The number of hydrogen-bond donors (Lipinski definition) is 2. The Balaban J connectivity index is 1.47. The number of rotatable bonds is 7. The largest absolute Gasteiger partial charge is 0.496 e. The summed E-state index contributed by atoms with van der Waals surface area (Å²) < 4.78 is 10.8. The summed E-state index contributed by atoms with van der Waals surface area (Å²) in [6.07, 6.45) is 0. The predicted octanol–water partition coefficient (Wildman–Crippen LogP) is 4.86. The van der Waals surface area contributed by atoms with Crippen molar-refractivity contribution in [3.63, 3.8) is 0 Å². The van der Waals surface area contributed by atoms with Gasteiger partial charge in [-0.05, 0) is 43.3 Å². The van der Waals surface area contributed by atoms with Crippen LogP contribution < -0.4 is 14.8 Å². The van der Waals surface area contributed by atoms with Crippen molar-refractivity contribution < 1.29 is 14.3 Å². The highest BCUT2D eigenvalue weighted by molar-refractivity contribution is 7.13. The first-order valence-electron chi connectivity index (χ1n) is 9.37. The second-order valence-corrected chi connectivity index (χ2v) is 7.17. The van der Waals surface area contributed by atoms with E-state index in [1.807, 2.05) is 55.5 Å². The lowest BCUT2D eigenvalue weighted by Crippen LogP contribution is -2.12.